The molecule has 1 atom stereocenters. The van der Waals surface area contributed by atoms with Crippen molar-refractivity contribution in [3.63, 3.8) is 0 Å². The number of likely N-dealkylation sites (N-methyl/N-ethyl adjacent to an activating group) is 1. The second-order valence-electron chi connectivity index (χ2n) is 7.13. The molecular weight excluding hydrogens is 372 g/mol. The average Bonchev–Trinajstić information content (AvgIpc) is 2.93. The molecule has 0 radical (unpaired) electrons. The van der Waals surface area contributed by atoms with Gasteiger partial charge in [-0.05, 0) is 13.8 Å². The summed E-state index contributed by atoms with van der Waals surface area (Å²) >= 11 is 0. The SMILES string of the molecule is Cc1ccc(C(=O)[C@H](OC(=O)CN2C(=O)CN(C)C2=O)c2ccc(C)cc2)cc1. The highest BCUT2D eigenvalue weighted by atomic mass is 16.5. The monoisotopic (exact) mass is 394 g/mol. The quantitative estimate of drug-likeness (QED) is 0.427. The Balaban J connectivity index is 1.83. The average molecular weight is 394 g/mol. The summed E-state index contributed by atoms with van der Waals surface area (Å²) in [5.74, 6) is -1.68. The molecule has 1 fully saturated rings. The van der Waals surface area contributed by atoms with Gasteiger partial charge >= 0.3 is 12.0 Å². The fourth-order valence-electron chi connectivity index (χ4n) is 3.01. The molecule has 2 aromatic carbocycles. The number of hydrogen-bond donors (Lipinski definition) is 0. The van der Waals surface area contributed by atoms with Gasteiger partial charge in [0.05, 0.1) is 0 Å². The number of esters is 1. The highest BCUT2D eigenvalue weighted by molar-refractivity contribution is 6.04. The molecule has 1 aliphatic rings. The van der Waals surface area contributed by atoms with Gasteiger partial charge in [-0.3, -0.25) is 19.3 Å². The van der Waals surface area contributed by atoms with E-state index in [1.54, 1.807) is 36.4 Å². The number of rotatable bonds is 6. The number of ketones is 1. The summed E-state index contributed by atoms with van der Waals surface area (Å²) in [6.45, 7) is 3.20. The van der Waals surface area contributed by atoms with Crippen LogP contribution >= 0.6 is 0 Å². The van der Waals surface area contributed by atoms with Crippen LogP contribution in [-0.2, 0) is 14.3 Å². The number of carbonyl (C=O) groups excluding carboxylic acids is 4. The number of urea groups is 1. The first-order valence-corrected chi connectivity index (χ1v) is 9.18. The predicted molar refractivity (Wildman–Crippen MR) is 105 cm³/mol. The second kappa shape index (κ2) is 8.26. The molecule has 3 rings (SSSR count). The van der Waals surface area contributed by atoms with Gasteiger partial charge < -0.3 is 9.64 Å². The van der Waals surface area contributed by atoms with E-state index in [1.807, 2.05) is 26.0 Å². The summed E-state index contributed by atoms with van der Waals surface area (Å²) in [4.78, 5) is 51.5. The van der Waals surface area contributed by atoms with E-state index in [2.05, 4.69) is 0 Å². The largest absolute Gasteiger partial charge is 0.448 e. The van der Waals surface area contributed by atoms with Gasteiger partial charge in [-0.2, -0.15) is 0 Å². The minimum atomic E-state index is -1.17. The molecule has 7 nitrogen and oxygen atoms in total. The zero-order valence-electron chi connectivity index (χ0n) is 16.5. The minimum absolute atomic E-state index is 0.0875. The third kappa shape index (κ3) is 4.51. The van der Waals surface area contributed by atoms with Crippen molar-refractivity contribution in [2.75, 3.05) is 20.1 Å². The number of hydrogen-bond acceptors (Lipinski definition) is 5. The second-order valence-corrected chi connectivity index (χ2v) is 7.13. The highest BCUT2D eigenvalue weighted by Gasteiger charge is 2.36. The summed E-state index contributed by atoms with van der Waals surface area (Å²) < 4.78 is 5.46. The number of imide groups is 1. The fourth-order valence-corrected chi connectivity index (χ4v) is 3.01. The Labute approximate surface area is 168 Å². The van der Waals surface area contributed by atoms with Crippen LogP contribution in [0, 0.1) is 13.8 Å². The molecule has 0 saturated carbocycles. The lowest BCUT2D eigenvalue weighted by molar-refractivity contribution is -0.150. The summed E-state index contributed by atoms with van der Waals surface area (Å²) in [5, 5.41) is 0. The molecule has 0 bridgehead atoms. The Bertz CT molecular complexity index is 950. The van der Waals surface area contributed by atoms with Crippen molar-refractivity contribution in [2.45, 2.75) is 20.0 Å². The molecule has 3 amide bonds. The molecule has 0 N–H and O–H groups in total. The lowest BCUT2D eigenvalue weighted by atomic mass is 9.98. The Morgan fingerprint density at radius 2 is 1.52 bits per heavy atom. The van der Waals surface area contributed by atoms with Gasteiger partial charge in [0, 0.05) is 18.2 Å². The minimum Gasteiger partial charge on any atom is -0.448 e. The molecule has 0 unspecified atom stereocenters. The highest BCUT2D eigenvalue weighted by Crippen LogP contribution is 2.24. The van der Waals surface area contributed by atoms with Crippen molar-refractivity contribution in [2.24, 2.45) is 0 Å². The number of nitrogens with zero attached hydrogens (tertiary/aromatic N) is 2. The molecule has 0 aromatic heterocycles. The van der Waals surface area contributed by atoms with Gasteiger partial charge in [0.25, 0.3) is 5.91 Å². The summed E-state index contributed by atoms with van der Waals surface area (Å²) in [5.41, 5.74) is 2.92. The van der Waals surface area contributed by atoms with E-state index in [-0.39, 0.29) is 12.3 Å². The zero-order valence-corrected chi connectivity index (χ0v) is 16.5. The number of ether oxygens (including phenoxy) is 1. The Kier molecular flexibility index (Phi) is 5.77. The Morgan fingerprint density at radius 3 is 2.03 bits per heavy atom. The van der Waals surface area contributed by atoms with Crippen LogP contribution in [0.5, 0.6) is 0 Å². The maximum Gasteiger partial charge on any atom is 0.327 e. The molecule has 0 aliphatic carbocycles. The normalized spacial score (nSPS) is 14.9. The molecule has 1 aliphatic heterocycles. The first-order valence-electron chi connectivity index (χ1n) is 9.18. The number of amides is 3. The number of carbonyl (C=O) groups is 4. The molecular formula is C22H22N2O5. The van der Waals surface area contributed by atoms with Gasteiger partial charge in [0.2, 0.25) is 5.78 Å². The van der Waals surface area contributed by atoms with Gasteiger partial charge in [-0.1, -0.05) is 59.7 Å². The van der Waals surface area contributed by atoms with E-state index >= 15 is 0 Å². The molecule has 2 aromatic rings. The standard InChI is InChI=1S/C22H22N2O5/c1-14-4-8-16(9-5-14)20(27)21(17-10-6-15(2)7-11-17)29-19(26)13-24-18(25)12-23(3)22(24)28/h4-11,21H,12-13H2,1-3H3/t21-/m1/s1. The van der Waals surface area contributed by atoms with Crippen LogP contribution in [0.2, 0.25) is 0 Å². The van der Waals surface area contributed by atoms with E-state index in [4.69, 9.17) is 4.74 Å². The zero-order chi connectivity index (χ0) is 21.1. The number of benzene rings is 2. The van der Waals surface area contributed by atoms with Gasteiger partial charge in [0.15, 0.2) is 6.10 Å². The van der Waals surface area contributed by atoms with Crippen LogP contribution in [0.1, 0.15) is 33.2 Å². The number of Topliss-reactive ketones (excluding diaryl/α,β-unsaturated/α-hetero) is 1. The fraction of sp³-hybridized carbons (Fsp3) is 0.273. The predicted octanol–water partition coefficient (Wildman–Crippen LogP) is 2.66. The van der Waals surface area contributed by atoms with Crippen LogP contribution in [0.25, 0.3) is 0 Å². The maximum atomic E-state index is 13.1. The van der Waals surface area contributed by atoms with E-state index in [9.17, 15) is 19.2 Å². The lowest BCUT2D eigenvalue weighted by Gasteiger charge is -2.20. The topological polar surface area (TPSA) is 84.0 Å². The molecule has 7 heteroatoms. The summed E-state index contributed by atoms with van der Waals surface area (Å²) in [6.07, 6.45) is -1.17. The van der Waals surface area contributed by atoms with Crippen LogP contribution in [0.15, 0.2) is 48.5 Å². The molecule has 1 saturated heterocycles. The summed E-state index contributed by atoms with van der Waals surface area (Å²) in [6, 6.07) is 13.5. The number of aryl methyl sites for hydroxylation is 2. The molecule has 150 valence electrons. The third-order valence-electron chi connectivity index (χ3n) is 4.72. The van der Waals surface area contributed by atoms with Crippen LogP contribution < -0.4 is 0 Å². The molecule has 29 heavy (non-hydrogen) atoms. The third-order valence-corrected chi connectivity index (χ3v) is 4.72. The van der Waals surface area contributed by atoms with Crippen molar-refractivity contribution in [3.8, 4) is 0 Å². The Morgan fingerprint density at radius 1 is 0.966 bits per heavy atom. The van der Waals surface area contributed by atoms with Crippen molar-refractivity contribution in [1.82, 2.24) is 9.80 Å². The van der Waals surface area contributed by atoms with Crippen molar-refractivity contribution < 1.29 is 23.9 Å². The van der Waals surface area contributed by atoms with Crippen LogP contribution in [-0.4, -0.2) is 53.6 Å². The maximum absolute atomic E-state index is 13.1. The van der Waals surface area contributed by atoms with Crippen molar-refractivity contribution in [1.29, 1.82) is 0 Å². The van der Waals surface area contributed by atoms with E-state index < -0.39 is 30.6 Å². The van der Waals surface area contributed by atoms with E-state index in [1.165, 1.54) is 11.9 Å². The van der Waals surface area contributed by atoms with Crippen LogP contribution in [0.3, 0.4) is 0 Å². The van der Waals surface area contributed by atoms with Crippen molar-refractivity contribution in [3.05, 3.63) is 70.8 Å². The van der Waals surface area contributed by atoms with Gasteiger partial charge in [0.1, 0.15) is 13.1 Å². The Hall–Kier alpha value is -3.48. The first kappa shape index (κ1) is 20.3. The van der Waals surface area contributed by atoms with Gasteiger partial charge in [-0.25, -0.2) is 4.79 Å². The van der Waals surface area contributed by atoms with Crippen LogP contribution in [0.4, 0.5) is 4.79 Å². The van der Waals surface area contributed by atoms with E-state index in [0.29, 0.717) is 11.1 Å². The summed E-state index contributed by atoms with van der Waals surface area (Å²) in [7, 11) is 1.47. The smallest absolute Gasteiger partial charge is 0.327 e. The van der Waals surface area contributed by atoms with Crippen molar-refractivity contribution >= 4 is 23.7 Å². The molecule has 0 spiro atoms. The lowest BCUT2D eigenvalue weighted by Crippen LogP contribution is -2.37. The molecule has 1 heterocycles. The van der Waals surface area contributed by atoms with E-state index in [0.717, 1.165) is 16.0 Å². The first-order chi connectivity index (χ1) is 13.8. The van der Waals surface area contributed by atoms with Gasteiger partial charge in [-0.15, -0.1) is 0 Å².